The highest BCUT2D eigenvalue weighted by atomic mass is 16.5. The minimum Gasteiger partial charge on any atom is -0.493 e. The van der Waals surface area contributed by atoms with E-state index in [9.17, 15) is 4.79 Å². The number of piperidine rings is 1. The van der Waals surface area contributed by atoms with Crippen molar-refractivity contribution in [2.75, 3.05) is 34.4 Å². The molecule has 0 aliphatic carbocycles. The number of carbonyl (C=O) groups excluding carboxylic acids is 1. The monoisotopic (exact) mass is 450 g/mol. The van der Waals surface area contributed by atoms with Crippen molar-refractivity contribution in [3.63, 3.8) is 0 Å². The number of amides is 1. The number of hydrogen-bond acceptors (Lipinski definition) is 7. The summed E-state index contributed by atoms with van der Waals surface area (Å²) < 4.78 is 16.1. The molecule has 4 rings (SSSR count). The molecule has 1 amide bonds. The normalized spacial score (nSPS) is 14.8. The van der Waals surface area contributed by atoms with E-state index in [2.05, 4.69) is 15.0 Å². The maximum Gasteiger partial charge on any atom is 0.241 e. The van der Waals surface area contributed by atoms with Crippen molar-refractivity contribution in [3.8, 4) is 22.9 Å². The van der Waals surface area contributed by atoms with Crippen LogP contribution in [-0.2, 0) is 17.9 Å². The van der Waals surface area contributed by atoms with Crippen LogP contribution in [0.4, 0.5) is 0 Å². The molecule has 2 aromatic carbocycles. The van der Waals surface area contributed by atoms with Gasteiger partial charge in [0, 0.05) is 25.1 Å². The third-order valence-corrected chi connectivity index (χ3v) is 6.04. The lowest BCUT2D eigenvalue weighted by atomic mass is 9.95. The third-order valence-electron chi connectivity index (χ3n) is 6.04. The van der Waals surface area contributed by atoms with Gasteiger partial charge in [-0.25, -0.2) is 0 Å². The van der Waals surface area contributed by atoms with Gasteiger partial charge in [0.2, 0.25) is 17.6 Å². The number of carbonyl (C=O) groups is 1. The van der Waals surface area contributed by atoms with E-state index in [1.165, 1.54) is 0 Å². The van der Waals surface area contributed by atoms with E-state index in [1.54, 1.807) is 14.2 Å². The van der Waals surface area contributed by atoms with Gasteiger partial charge >= 0.3 is 0 Å². The Morgan fingerprint density at radius 2 is 1.82 bits per heavy atom. The van der Waals surface area contributed by atoms with Crippen LogP contribution >= 0.6 is 0 Å². The Bertz CT molecular complexity index is 1060. The second-order valence-electron chi connectivity index (χ2n) is 8.31. The molecule has 8 heteroatoms. The van der Waals surface area contributed by atoms with Crippen molar-refractivity contribution in [1.29, 1.82) is 0 Å². The molecule has 0 unspecified atom stereocenters. The third kappa shape index (κ3) is 5.51. The van der Waals surface area contributed by atoms with E-state index in [0.717, 1.165) is 37.1 Å². The van der Waals surface area contributed by atoms with E-state index in [-0.39, 0.29) is 11.8 Å². The predicted molar refractivity (Wildman–Crippen MR) is 124 cm³/mol. The molecule has 2 heterocycles. The Kier molecular flexibility index (Phi) is 7.24. The fraction of sp³-hybridized carbons (Fsp3) is 0.400. The van der Waals surface area contributed by atoms with Gasteiger partial charge in [-0.1, -0.05) is 35.5 Å². The van der Waals surface area contributed by atoms with Crippen molar-refractivity contribution in [2.24, 2.45) is 5.92 Å². The number of ether oxygens (including phenoxy) is 2. The quantitative estimate of drug-likeness (QED) is 0.518. The molecular weight excluding hydrogens is 420 g/mol. The smallest absolute Gasteiger partial charge is 0.241 e. The van der Waals surface area contributed by atoms with Gasteiger partial charge in [-0.15, -0.1) is 0 Å². The highest BCUT2D eigenvalue weighted by Gasteiger charge is 2.28. The summed E-state index contributed by atoms with van der Waals surface area (Å²) in [6.45, 7) is 2.86. The molecule has 8 nitrogen and oxygen atoms in total. The number of aromatic nitrogens is 2. The van der Waals surface area contributed by atoms with E-state index >= 15 is 0 Å². The molecule has 3 aromatic rings. The lowest BCUT2D eigenvalue weighted by Crippen LogP contribution is -2.40. The van der Waals surface area contributed by atoms with Crippen LogP contribution < -0.4 is 9.47 Å². The van der Waals surface area contributed by atoms with Gasteiger partial charge in [0.05, 0.1) is 20.8 Å². The van der Waals surface area contributed by atoms with Gasteiger partial charge in [0.15, 0.2) is 11.5 Å². The van der Waals surface area contributed by atoms with Crippen LogP contribution in [0, 0.1) is 5.92 Å². The zero-order valence-electron chi connectivity index (χ0n) is 19.4. The largest absolute Gasteiger partial charge is 0.493 e. The molecule has 1 saturated heterocycles. The number of benzene rings is 2. The average molecular weight is 451 g/mol. The number of nitrogens with zero attached hydrogens (tertiary/aromatic N) is 4. The maximum atomic E-state index is 12.9. The summed E-state index contributed by atoms with van der Waals surface area (Å²) >= 11 is 0. The Balaban J connectivity index is 1.30. The van der Waals surface area contributed by atoms with Crippen molar-refractivity contribution < 1.29 is 18.8 Å². The first-order valence-corrected chi connectivity index (χ1v) is 11.1. The lowest BCUT2D eigenvalue weighted by Gasteiger charge is -2.32. The van der Waals surface area contributed by atoms with Gasteiger partial charge in [-0.2, -0.15) is 4.98 Å². The Morgan fingerprint density at radius 1 is 1.09 bits per heavy atom. The van der Waals surface area contributed by atoms with E-state index in [4.69, 9.17) is 14.0 Å². The second-order valence-corrected chi connectivity index (χ2v) is 8.31. The van der Waals surface area contributed by atoms with Gasteiger partial charge in [0.25, 0.3) is 0 Å². The van der Waals surface area contributed by atoms with Crippen molar-refractivity contribution >= 4 is 5.91 Å². The molecule has 1 aromatic heterocycles. The molecule has 0 atom stereocenters. The number of likely N-dealkylation sites (tertiary alicyclic amines) is 1. The van der Waals surface area contributed by atoms with Crippen LogP contribution in [0.15, 0.2) is 53.1 Å². The molecule has 0 radical (unpaired) electrons. The van der Waals surface area contributed by atoms with E-state index in [0.29, 0.717) is 36.3 Å². The lowest BCUT2D eigenvalue weighted by molar-refractivity contribution is -0.136. The second kappa shape index (κ2) is 10.5. The van der Waals surface area contributed by atoms with Crippen LogP contribution in [0.3, 0.4) is 0 Å². The van der Waals surface area contributed by atoms with Crippen LogP contribution in [-0.4, -0.2) is 60.2 Å². The molecule has 0 N–H and O–H groups in total. The number of hydrogen-bond donors (Lipinski definition) is 0. The number of rotatable bonds is 8. The van der Waals surface area contributed by atoms with Crippen molar-refractivity contribution in [1.82, 2.24) is 19.9 Å². The Hall–Kier alpha value is -3.39. The van der Waals surface area contributed by atoms with Crippen LogP contribution in [0.1, 0.15) is 24.3 Å². The highest BCUT2D eigenvalue weighted by Crippen LogP contribution is 2.31. The zero-order valence-corrected chi connectivity index (χ0v) is 19.4. The first-order chi connectivity index (χ1) is 16.1. The SMILES string of the molecule is COc1ccc(-c2noc(CN3CCC(C(=O)N(C)Cc4ccccc4)CC3)n2)cc1OC. The molecule has 0 saturated carbocycles. The summed E-state index contributed by atoms with van der Waals surface area (Å²) in [5, 5.41) is 4.12. The Morgan fingerprint density at radius 3 is 2.52 bits per heavy atom. The summed E-state index contributed by atoms with van der Waals surface area (Å²) in [6.07, 6.45) is 1.66. The fourth-order valence-electron chi connectivity index (χ4n) is 4.19. The number of methoxy groups -OCH3 is 2. The van der Waals surface area contributed by atoms with Crippen LogP contribution in [0.2, 0.25) is 0 Å². The first kappa shape index (κ1) is 22.8. The molecule has 1 fully saturated rings. The molecule has 1 aliphatic rings. The first-order valence-electron chi connectivity index (χ1n) is 11.1. The van der Waals surface area contributed by atoms with Crippen LogP contribution in [0.25, 0.3) is 11.4 Å². The van der Waals surface area contributed by atoms with Gasteiger partial charge in [0.1, 0.15) is 0 Å². The summed E-state index contributed by atoms with van der Waals surface area (Å²) in [5.74, 6) is 2.61. The van der Waals surface area contributed by atoms with Crippen LogP contribution in [0.5, 0.6) is 11.5 Å². The molecular formula is C25H30N4O4. The Labute approximate surface area is 194 Å². The maximum absolute atomic E-state index is 12.9. The predicted octanol–water partition coefficient (Wildman–Crippen LogP) is 3.62. The van der Waals surface area contributed by atoms with Crippen molar-refractivity contribution in [2.45, 2.75) is 25.9 Å². The molecule has 0 spiro atoms. The highest BCUT2D eigenvalue weighted by molar-refractivity contribution is 5.78. The van der Waals surface area contributed by atoms with E-state index in [1.807, 2.05) is 60.5 Å². The zero-order chi connectivity index (χ0) is 23.2. The molecule has 174 valence electrons. The van der Waals surface area contributed by atoms with Gasteiger partial charge < -0.3 is 18.9 Å². The molecule has 0 bridgehead atoms. The summed E-state index contributed by atoms with van der Waals surface area (Å²) in [5.41, 5.74) is 1.95. The summed E-state index contributed by atoms with van der Waals surface area (Å²) in [4.78, 5) is 21.5. The summed E-state index contributed by atoms with van der Waals surface area (Å²) in [7, 11) is 5.08. The standard InChI is InChI=1S/C25H30N4O4/c1-28(16-18-7-5-4-6-8-18)25(30)19-11-13-29(14-12-19)17-23-26-24(27-33-23)20-9-10-21(31-2)22(15-20)32-3/h4-10,15,19H,11-14,16-17H2,1-3H3. The topological polar surface area (TPSA) is 80.9 Å². The minimum absolute atomic E-state index is 0.0555. The molecule has 1 aliphatic heterocycles. The van der Waals surface area contributed by atoms with Crippen molar-refractivity contribution in [3.05, 3.63) is 60.0 Å². The minimum atomic E-state index is 0.0555. The summed E-state index contributed by atoms with van der Waals surface area (Å²) in [6, 6.07) is 15.6. The van der Waals surface area contributed by atoms with Gasteiger partial charge in [-0.05, 0) is 49.7 Å². The van der Waals surface area contributed by atoms with E-state index < -0.39 is 0 Å². The fourth-order valence-corrected chi connectivity index (χ4v) is 4.19. The average Bonchev–Trinajstić information content (AvgIpc) is 3.32. The molecule has 33 heavy (non-hydrogen) atoms. The van der Waals surface area contributed by atoms with Gasteiger partial charge in [-0.3, -0.25) is 9.69 Å².